The molecule has 0 bridgehead atoms. The van der Waals surface area contributed by atoms with E-state index in [-0.39, 0.29) is 5.91 Å². The zero-order chi connectivity index (χ0) is 14.4. The van der Waals surface area contributed by atoms with Gasteiger partial charge >= 0.3 is 0 Å². The van der Waals surface area contributed by atoms with Gasteiger partial charge in [0.2, 0.25) is 0 Å². The van der Waals surface area contributed by atoms with Gasteiger partial charge in [-0.1, -0.05) is 6.42 Å². The molecule has 1 aliphatic heterocycles. The highest BCUT2D eigenvalue weighted by Crippen LogP contribution is 2.15. The molecule has 0 saturated carbocycles. The minimum atomic E-state index is -0.156. The van der Waals surface area contributed by atoms with E-state index in [1.54, 1.807) is 19.2 Å². The van der Waals surface area contributed by atoms with Gasteiger partial charge in [-0.3, -0.25) is 9.69 Å². The topological polar surface area (TPSA) is 54.7 Å². The lowest BCUT2D eigenvalue weighted by molar-refractivity contribution is 0.0902. The lowest BCUT2D eigenvalue weighted by Crippen LogP contribution is -2.42. The van der Waals surface area contributed by atoms with Crippen LogP contribution in [0.5, 0.6) is 0 Å². The van der Waals surface area contributed by atoms with Gasteiger partial charge in [-0.2, -0.15) is 0 Å². The van der Waals surface area contributed by atoms with Crippen LogP contribution in [0.4, 0.5) is 0 Å². The van der Waals surface area contributed by atoms with E-state index in [0.717, 1.165) is 13.1 Å². The lowest BCUT2D eigenvalue weighted by atomic mass is 10.0. The summed E-state index contributed by atoms with van der Waals surface area (Å²) < 4.78 is 10.4. The summed E-state index contributed by atoms with van der Waals surface area (Å²) in [6.45, 7) is 5.33. The van der Waals surface area contributed by atoms with Crippen molar-refractivity contribution in [2.24, 2.45) is 0 Å². The van der Waals surface area contributed by atoms with Crippen LogP contribution in [0, 0.1) is 0 Å². The standard InChI is InChI=1S/C15H24N2O3/c1-12-5-3-4-9-17(12)10-8-16-15(18)14-7-6-13(20-14)11-19-2/h6-7,12H,3-5,8-11H2,1-2H3,(H,16,18). The maximum atomic E-state index is 11.9. The molecule has 20 heavy (non-hydrogen) atoms. The maximum Gasteiger partial charge on any atom is 0.287 e. The van der Waals surface area contributed by atoms with Crippen molar-refractivity contribution in [2.45, 2.75) is 38.8 Å². The first kappa shape index (κ1) is 15.1. The molecule has 1 fully saturated rings. The first-order valence-electron chi connectivity index (χ1n) is 7.30. The zero-order valence-electron chi connectivity index (χ0n) is 12.4. The summed E-state index contributed by atoms with van der Waals surface area (Å²) in [6.07, 6.45) is 3.84. The number of likely N-dealkylation sites (tertiary alicyclic amines) is 1. The van der Waals surface area contributed by atoms with Crippen molar-refractivity contribution >= 4 is 5.91 Å². The molecular formula is C15H24N2O3. The Hall–Kier alpha value is -1.33. The molecule has 1 N–H and O–H groups in total. The number of hydrogen-bond acceptors (Lipinski definition) is 4. The van der Waals surface area contributed by atoms with Gasteiger partial charge in [0, 0.05) is 26.2 Å². The van der Waals surface area contributed by atoms with E-state index >= 15 is 0 Å². The zero-order valence-corrected chi connectivity index (χ0v) is 12.4. The van der Waals surface area contributed by atoms with Crippen molar-refractivity contribution in [1.82, 2.24) is 10.2 Å². The van der Waals surface area contributed by atoms with E-state index in [1.807, 2.05) is 0 Å². The molecule has 2 heterocycles. The molecule has 0 aliphatic carbocycles. The molecule has 1 aromatic rings. The number of ether oxygens (including phenoxy) is 1. The van der Waals surface area contributed by atoms with Crippen LogP contribution in [-0.2, 0) is 11.3 Å². The molecule has 112 valence electrons. The van der Waals surface area contributed by atoms with Crippen LogP contribution in [0.3, 0.4) is 0 Å². The number of rotatable bonds is 6. The predicted octanol–water partition coefficient (Wildman–Crippen LogP) is 2.03. The Labute approximate surface area is 120 Å². The number of nitrogens with zero attached hydrogens (tertiary/aromatic N) is 1. The summed E-state index contributed by atoms with van der Waals surface area (Å²) in [7, 11) is 1.60. The fourth-order valence-electron chi connectivity index (χ4n) is 2.61. The predicted molar refractivity (Wildman–Crippen MR) is 76.6 cm³/mol. The van der Waals surface area contributed by atoms with Gasteiger partial charge in [-0.05, 0) is 38.4 Å². The molecule has 1 unspecified atom stereocenters. The number of amides is 1. The third kappa shape index (κ3) is 4.08. The molecular weight excluding hydrogens is 256 g/mol. The number of hydrogen-bond donors (Lipinski definition) is 1. The molecule has 0 spiro atoms. The van der Waals surface area contributed by atoms with E-state index < -0.39 is 0 Å². The number of furan rings is 1. The van der Waals surface area contributed by atoms with Gasteiger partial charge in [0.05, 0.1) is 0 Å². The van der Waals surface area contributed by atoms with Crippen LogP contribution in [0.15, 0.2) is 16.5 Å². The normalized spacial score (nSPS) is 20.0. The van der Waals surface area contributed by atoms with Crippen LogP contribution >= 0.6 is 0 Å². The highest BCUT2D eigenvalue weighted by atomic mass is 16.5. The molecule has 1 atom stereocenters. The highest BCUT2D eigenvalue weighted by molar-refractivity contribution is 5.91. The van der Waals surface area contributed by atoms with Crippen molar-refractivity contribution in [1.29, 1.82) is 0 Å². The second-order valence-electron chi connectivity index (χ2n) is 5.34. The highest BCUT2D eigenvalue weighted by Gasteiger charge is 2.18. The number of carbonyl (C=O) groups excluding carboxylic acids is 1. The van der Waals surface area contributed by atoms with Gasteiger partial charge in [0.1, 0.15) is 12.4 Å². The van der Waals surface area contributed by atoms with Crippen molar-refractivity contribution in [3.63, 3.8) is 0 Å². The van der Waals surface area contributed by atoms with Gasteiger partial charge < -0.3 is 14.5 Å². The van der Waals surface area contributed by atoms with Crippen LogP contribution in [0.1, 0.15) is 42.5 Å². The van der Waals surface area contributed by atoms with Crippen molar-refractivity contribution in [3.05, 3.63) is 23.7 Å². The summed E-state index contributed by atoms with van der Waals surface area (Å²) in [6, 6.07) is 4.08. The van der Waals surface area contributed by atoms with E-state index in [9.17, 15) is 4.79 Å². The van der Waals surface area contributed by atoms with Crippen LogP contribution in [0.25, 0.3) is 0 Å². The monoisotopic (exact) mass is 280 g/mol. The van der Waals surface area contributed by atoms with E-state index in [4.69, 9.17) is 9.15 Å². The third-order valence-corrected chi connectivity index (χ3v) is 3.80. The number of methoxy groups -OCH3 is 1. The summed E-state index contributed by atoms with van der Waals surface area (Å²) >= 11 is 0. The average Bonchev–Trinajstić information content (AvgIpc) is 2.90. The minimum absolute atomic E-state index is 0.156. The minimum Gasteiger partial charge on any atom is -0.453 e. The van der Waals surface area contributed by atoms with Gasteiger partial charge in [0.15, 0.2) is 5.76 Å². The van der Waals surface area contributed by atoms with Crippen LogP contribution in [0.2, 0.25) is 0 Å². The second-order valence-corrected chi connectivity index (χ2v) is 5.34. The number of piperidine rings is 1. The molecule has 1 amide bonds. The quantitative estimate of drug-likeness (QED) is 0.866. The molecule has 1 aromatic heterocycles. The van der Waals surface area contributed by atoms with Crippen LogP contribution < -0.4 is 5.32 Å². The van der Waals surface area contributed by atoms with Crippen molar-refractivity contribution in [3.8, 4) is 0 Å². The Bertz CT molecular complexity index is 431. The molecule has 2 rings (SSSR count). The number of nitrogens with one attached hydrogen (secondary N) is 1. The van der Waals surface area contributed by atoms with Crippen molar-refractivity contribution in [2.75, 3.05) is 26.7 Å². The van der Waals surface area contributed by atoms with E-state index in [1.165, 1.54) is 19.3 Å². The van der Waals surface area contributed by atoms with Crippen molar-refractivity contribution < 1.29 is 13.9 Å². The number of carbonyl (C=O) groups is 1. The van der Waals surface area contributed by atoms with Gasteiger partial charge in [-0.15, -0.1) is 0 Å². The molecule has 5 nitrogen and oxygen atoms in total. The fourth-order valence-corrected chi connectivity index (χ4v) is 2.61. The summed E-state index contributed by atoms with van der Waals surface area (Å²) in [5.74, 6) is 0.864. The van der Waals surface area contributed by atoms with Crippen LogP contribution in [-0.4, -0.2) is 43.6 Å². The molecule has 0 radical (unpaired) electrons. The summed E-state index contributed by atoms with van der Waals surface area (Å²) in [4.78, 5) is 14.4. The Kier molecular flexibility index (Phi) is 5.61. The molecule has 5 heteroatoms. The Morgan fingerprint density at radius 1 is 1.50 bits per heavy atom. The largest absolute Gasteiger partial charge is 0.453 e. The Morgan fingerprint density at radius 3 is 3.10 bits per heavy atom. The SMILES string of the molecule is COCc1ccc(C(=O)NCCN2CCCCC2C)o1. The molecule has 0 aromatic carbocycles. The summed E-state index contributed by atoms with van der Waals surface area (Å²) in [5.41, 5.74) is 0. The van der Waals surface area contributed by atoms with E-state index in [0.29, 0.717) is 30.7 Å². The second kappa shape index (κ2) is 7.45. The Balaban J connectivity index is 1.74. The molecule has 1 saturated heterocycles. The smallest absolute Gasteiger partial charge is 0.287 e. The first-order chi connectivity index (χ1) is 9.70. The summed E-state index contributed by atoms with van der Waals surface area (Å²) in [5, 5.41) is 2.91. The first-order valence-corrected chi connectivity index (χ1v) is 7.30. The third-order valence-electron chi connectivity index (χ3n) is 3.80. The van der Waals surface area contributed by atoms with Gasteiger partial charge in [0.25, 0.3) is 5.91 Å². The average molecular weight is 280 g/mol. The lowest BCUT2D eigenvalue weighted by Gasteiger charge is -2.33. The Morgan fingerprint density at radius 2 is 2.35 bits per heavy atom. The fraction of sp³-hybridized carbons (Fsp3) is 0.667. The molecule has 1 aliphatic rings. The van der Waals surface area contributed by atoms with E-state index in [2.05, 4.69) is 17.1 Å². The maximum absolute atomic E-state index is 11.9. The van der Waals surface area contributed by atoms with Gasteiger partial charge in [-0.25, -0.2) is 0 Å².